The van der Waals surface area contributed by atoms with Crippen molar-refractivity contribution in [3.63, 3.8) is 0 Å². The van der Waals surface area contributed by atoms with Crippen molar-refractivity contribution >= 4 is 5.97 Å². The molecule has 0 saturated carbocycles. The van der Waals surface area contributed by atoms with E-state index in [9.17, 15) is 4.79 Å². The highest BCUT2D eigenvalue weighted by Crippen LogP contribution is 2.30. The van der Waals surface area contributed by atoms with Crippen molar-refractivity contribution in [2.24, 2.45) is 11.7 Å². The summed E-state index contributed by atoms with van der Waals surface area (Å²) in [6.07, 6.45) is 4.19. The Morgan fingerprint density at radius 2 is 2.07 bits per heavy atom. The van der Waals surface area contributed by atoms with Gasteiger partial charge in [0.15, 0.2) is 0 Å². The van der Waals surface area contributed by atoms with E-state index in [1.54, 1.807) is 0 Å². The zero-order chi connectivity index (χ0) is 10.1. The highest BCUT2D eigenvalue weighted by atomic mass is 16.4. The van der Waals surface area contributed by atoms with E-state index in [4.69, 9.17) is 10.8 Å². The molecule has 2 fully saturated rings. The van der Waals surface area contributed by atoms with E-state index in [0.29, 0.717) is 0 Å². The maximum absolute atomic E-state index is 11.1. The van der Waals surface area contributed by atoms with Crippen molar-refractivity contribution in [1.82, 2.24) is 4.90 Å². The number of carboxylic acids is 1. The lowest BCUT2D eigenvalue weighted by Gasteiger charge is -2.45. The average Bonchev–Trinajstić information content (AvgIpc) is 2.17. The Bertz CT molecular complexity index is 232. The van der Waals surface area contributed by atoms with Crippen LogP contribution in [0, 0.1) is 5.92 Å². The standard InChI is InChI=1S/C10H18N2O2/c11-7-4-6-12-5-2-1-3-8(12)9(7)10(13)14/h7-9H,1-6,11H2,(H,13,14). The number of hydrogen-bond acceptors (Lipinski definition) is 3. The van der Waals surface area contributed by atoms with E-state index in [1.807, 2.05) is 0 Å². The minimum absolute atomic E-state index is 0.146. The number of hydrogen-bond donors (Lipinski definition) is 2. The van der Waals surface area contributed by atoms with Gasteiger partial charge in [0, 0.05) is 12.1 Å². The maximum Gasteiger partial charge on any atom is 0.309 e. The van der Waals surface area contributed by atoms with Gasteiger partial charge in [0.1, 0.15) is 0 Å². The molecule has 0 aromatic heterocycles. The topological polar surface area (TPSA) is 66.6 Å². The van der Waals surface area contributed by atoms with Gasteiger partial charge in [-0.1, -0.05) is 6.42 Å². The van der Waals surface area contributed by atoms with Crippen molar-refractivity contribution in [3.05, 3.63) is 0 Å². The predicted molar refractivity (Wildman–Crippen MR) is 52.9 cm³/mol. The molecule has 0 bridgehead atoms. The summed E-state index contributed by atoms with van der Waals surface area (Å²) < 4.78 is 0. The fourth-order valence-corrected chi connectivity index (χ4v) is 2.83. The molecule has 2 saturated heterocycles. The molecular formula is C10H18N2O2. The Kier molecular flexibility index (Phi) is 2.74. The highest BCUT2D eigenvalue weighted by Gasteiger charge is 2.41. The number of aliphatic carboxylic acids is 1. The molecule has 2 heterocycles. The van der Waals surface area contributed by atoms with Crippen molar-refractivity contribution < 1.29 is 9.90 Å². The van der Waals surface area contributed by atoms with Crippen LogP contribution in [0.5, 0.6) is 0 Å². The van der Waals surface area contributed by atoms with Gasteiger partial charge in [-0.15, -0.1) is 0 Å². The monoisotopic (exact) mass is 198 g/mol. The summed E-state index contributed by atoms with van der Waals surface area (Å²) in [7, 11) is 0. The minimum atomic E-state index is -0.714. The van der Waals surface area contributed by atoms with Crippen LogP contribution >= 0.6 is 0 Å². The second-order valence-electron chi connectivity index (χ2n) is 4.42. The van der Waals surface area contributed by atoms with Crippen molar-refractivity contribution in [1.29, 1.82) is 0 Å². The predicted octanol–water partition coefficient (Wildman–Crippen LogP) is 0.273. The molecule has 0 aromatic carbocycles. The van der Waals surface area contributed by atoms with E-state index in [2.05, 4.69) is 4.90 Å². The molecule has 2 rings (SSSR count). The maximum atomic E-state index is 11.1. The third-order valence-electron chi connectivity index (χ3n) is 3.57. The summed E-state index contributed by atoms with van der Waals surface area (Å²) in [5.41, 5.74) is 5.88. The molecule has 0 radical (unpaired) electrons. The van der Waals surface area contributed by atoms with Crippen LogP contribution in [0.3, 0.4) is 0 Å². The lowest BCUT2D eigenvalue weighted by atomic mass is 9.80. The molecular weight excluding hydrogens is 180 g/mol. The van der Waals surface area contributed by atoms with Crippen LogP contribution in [-0.2, 0) is 4.79 Å². The van der Waals surface area contributed by atoms with Crippen LogP contribution < -0.4 is 5.73 Å². The van der Waals surface area contributed by atoms with Crippen LogP contribution in [0.25, 0.3) is 0 Å². The molecule has 0 amide bonds. The van der Waals surface area contributed by atoms with Gasteiger partial charge in [-0.25, -0.2) is 0 Å². The number of carboxylic acid groups (broad SMARTS) is 1. The Balaban J connectivity index is 2.13. The summed E-state index contributed by atoms with van der Waals surface area (Å²) >= 11 is 0. The number of fused-ring (bicyclic) bond motifs is 1. The van der Waals surface area contributed by atoms with E-state index in [-0.39, 0.29) is 18.0 Å². The summed E-state index contributed by atoms with van der Waals surface area (Å²) in [4.78, 5) is 13.4. The summed E-state index contributed by atoms with van der Waals surface area (Å²) in [5, 5.41) is 9.14. The van der Waals surface area contributed by atoms with Crippen LogP contribution in [0.2, 0.25) is 0 Å². The largest absolute Gasteiger partial charge is 0.481 e. The SMILES string of the molecule is NC1CCN2CCCCC2C1C(=O)O. The number of piperidine rings is 2. The molecule has 0 aromatic rings. The lowest BCUT2D eigenvalue weighted by molar-refractivity contribution is -0.147. The first-order valence-corrected chi connectivity index (χ1v) is 5.42. The Hall–Kier alpha value is -0.610. The van der Waals surface area contributed by atoms with Gasteiger partial charge in [-0.2, -0.15) is 0 Å². The Labute approximate surface area is 84.1 Å². The fourth-order valence-electron chi connectivity index (χ4n) is 2.83. The molecule has 80 valence electrons. The van der Waals surface area contributed by atoms with Gasteiger partial charge < -0.3 is 10.8 Å². The molecule has 3 N–H and O–H groups in total. The summed E-state index contributed by atoms with van der Waals surface area (Å²) in [5.74, 6) is -1.06. The van der Waals surface area contributed by atoms with Gasteiger partial charge in [-0.05, 0) is 32.4 Å². The number of carbonyl (C=O) groups is 1. The number of nitrogens with zero attached hydrogens (tertiary/aromatic N) is 1. The molecule has 14 heavy (non-hydrogen) atoms. The third kappa shape index (κ3) is 1.64. The van der Waals surface area contributed by atoms with E-state index in [1.165, 1.54) is 6.42 Å². The Morgan fingerprint density at radius 1 is 1.29 bits per heavy atom. The molecule has 4 nitrogen and oxygen atoms in total. The van der Waals surface area contributed by atoms with Gasteiger partial charge in [-0.3, -0.25) is 9.69 Å². The van der Waals surface area contributed by atoms with Crippen LogP contribution in [0.1, 0.15) is 25.7 Å². The first-order chi connectivity index (χ1) is 6.70. The zero-order valence-electron chi connectivity index (χ0n) is 8.35. The lowest BCUT2D eigenvalue weighted by Crippen LogP contribution is -2.58. The second-order valence-corrected chi connectivity index (χ2v) is 4.42. The van der Waals surface area contributed by atoms with Crippen molar-refractivity contribution in [3.8, 4) is 0 Å². The third-order valence-corrected chi connectivity index (χ3v) is 3.57. The summed E-state index contributed by atoms with van der Waals surface area (Å²) in [6.45, 7) is 2.04. The first kappa shape index (κ1) is 9.93. The van der Waals surface area contributed by atoms with Gasteiger partial charge in [0.25, 0.3) is 0 Å². The molecule has 3 unspecified atom stereocenters. The van der Waals surface area contributed by atoms with E-state index >= 15 is 0 Å². The van der Waals surface area contributed by atoms with E-state index < -0.39 is 5.97 Å². The van der Waals surface area contributed by atoms with Gasteiger partial charge in [0.2, 0.25) is 0 Å². The molecule has 3 atom stereocenters. The molecule has 2 aliphatic heterocycles. The van der Waals surface area contributed by atoms with Crippen LogP contribution in [0.15, 0.2) is 0 Å². The van der Waals surface area contributed by atoms with Crippen LogP contribution in [0.4, 0.5) is 0 Å². The van der Waals surface area contributed by atoms with Gasteiger partial charge in [0.05, 0.1) is 5.92 Å². The van der Waals surface area contributed by atoms with E-state index in [0.717, 1.165) is 32.4 Å². The first-order valence-electron chi connectivity index (χ1n) is 5.42. The Morgan fingerprint density at radius 3 is 2.79 bits per heavy atom. The highest BCUT2D eigenvalue weighted by molar-refractivity contribution is 5.72. The smallest absolute Gasteiger partial charge is 0.309 e. The molecule has 4 heteroatoms. The molecule has 2 aliphatic rings. The van der Waals surface area contributed by atoms with Gasteiger partial charge >= 0.3 is 5.97 Å². The second kappa shape index (κ2) is 3.87. The zero-order valence-corrected chi connectivity index (χ0v) is 8.35. The normalized spacial score (nSPS) is 39.1. The summed E-state index contributed by atoms with van der Waals surface area (Å²) in [6, 6.07) is 0.0526. The fraction of sp³-hybridized carbons (Fsp3) is 0.900. The number of nitrogens with two attached hydrogens (primary N) is 1. The quantitative estimate of drug-likeness (QED) is 0.635. The average molecular weight is 198 g/mol. The van der Waals surface area contributed by atoms with Crippen molar-refractivity contribution in [2.45, 2.75) is 37.8 Å². The van der Waals surface area contributed by atoms with Crippen LogP contribution in [-0.4, -0.2) is 41.1 Å². The molecule has 0 aliphatic carbocycles. The number of rotatable bonds is 1. The molecule has 0 spiro atoms. The minimum Gasteiger partial charge on any atom is -0.481 e. The van der Waals surface area contributed by atoms with Crippen molar-refractivity contribution in [2.75, 3.05) is 13.1 Å².